The van der Waals surface area contributed by atoms with Gasteiger partial charge in [0, 0.05) is 25.3 Å². The summed E-state index contributed by atoms with van der Waals surface area (Å²) < 4.78 is 0. The summed E-state index contributed by atoms with van der Waals surface area (Å²) in [7, 11) is 0. The Morgan fingerprint density at radius 1 is 1.17 bits per heavy atom. The minimum absolute atomic E-state index is 0.138. The van der Waals surface area contributed by atoms with Gasteiger partial charge < -0.3 is 15.5 Å². The van der Waals surface area contributed by atoms with Crippen LogP contribution in [-0.2, 0) is 4.79 Å². The average molecular weight is 498 g/mol. The van der Waals surface area contributed by atoms with Crippen LogP contribution in [0.2, 0.25) is 0 Å². The molecular formula is C27H23N5O3S. The first-order valence-corrected chi connectivity index (χ1v) is 12.6. The number of aromatic nitrogens is 1. The van der Waals surface area contributed by atoms with Gasteiger partial charge in [-0.25, -0.2) is 9.78 Å². The maximum absolute atomic E-state index is 13.4. The molecule has 1 atom stereocenters. The summed E-state index contributed by atoms with van der Waals surface area (Å²) >= 11 is 1.25. The molecule has 2 aromatic heterocycles. The minimum Gasteiger partial charge on any atom is -0.347 e. The number of thiophene rings is 1. The molecule has 2 aliphatic heterocycles. The number of hydrogen-bond donors (Lipinski definition) is 2. The van der Waals surface area contributed by atoms with Gasteiger partial charge in [0.15, 0.2) is 0 Å². The number of carbonyl (C=O) groups excluding carboxylic acids is 3. The number of nitrogens with one attached hydrogen (secondary N) is 2. The van der Waals surface area contributed by atoms with Gasteiger partial charge in [-0.15, -0.1) is 11.3 Å². The summed E-state index contributed by atoms with van der Waals surface area (Å²) in [5, 5.41) is 8.85. The number of carbonyl (C=O) groups is 3. The SMILES string of the molecule is C=CC(=O)N1CCC[C@@H](NC(=O)c2sc3nccc4c3c2NC(=O)N4c2ccc3ccccc3c2)C1. The number of piperidine rings is 1. The molecule has 0 spiro atoms. The van der Waals surface area contributed by atoms with E-state index in [1.807, 2.05) is 42.5 Å². The highest BCUT2D eigenvalue weighted by Gasteiger charge is 2.33. The Balaban J connectivity index is 1.35. The Morgan fingerprint density at radius 3 is 2.83 bits per heavy atom. The van der Waals surface area contributed by atoms with Crippen LogP contribution in [0.25, 0.3) is 21.0 Å². The number of rotatable bonds is 4. The van der Waals surface area contributed by atoms with Gasteiger partial charge >= 0.3 is 6.03 Å². The topological polar surface area (TPSA) is 94.6 Å². The van der Waals surface area contributed by atoms with E-state index in [0.717, 1.165) is 34.7 Å². The molecule has 36 heavy (non-hydrogen) atoms. The number of amides is 4. The van der Waals surface area contributed by atoms with Crippen molar-refractivity contribution in [3.8, 4) is 0 Å². The van der Waals surface area contributed by atoms with Crippen molar-refractivity contribution in [3.05, 3.63) is 72.3 Å². The van der Waals surface area contributed by atoms with E-state index in [9.17, 15) is 14.4 Å². The number of fused-ring (bicyclic) bond motifs is 1. The van der Waals surface area contributed by atoms with Crippen molar-refractivity contribution in [2.45, 2.75) is 18.9 Å². The molecule has 9 heteroatoms. The van der Waals surface area contributed by atoms with Crippen LogP contribution in [0.3, 0.4) is 0 Å². The zero-order valence-corrected chi connectivity index (χ0v) is 20.2. The fraction of sp³-hybridized carbons (Fsp3) is 0.185. The van der Waals surface area contributed by atoms with Gasteiger partial charge in [-0.2, -0.15) is 0 Å². The van der Waals surface area contributed by atoms with E-state index in [-0.39, 0.29) is 23.9 Å². The van der Waals surface area contributed by atoms with E-state index in [1.54, 1.807) is 22.1 Å². The molecule has 180 valence electrons. The van der Waals surface area contributed by atoms with E-state index >= 15 is 0 Å². The second-order valence-electron chi connectivity index (χ2n) is 8.91. The zero-order chi connectivity index (χ0) is 24.8. The van der Waals surface area contributed by atoms with Gasteiger partial charge in [0.25, 0.3) is 5.91 Å². The first kappa shape index (κ1) is 22.2. The van der Waals surface area contributed by atoms with Crippen molar-refractivity contribution in [1.29, 1.82) is 0 Å². The second-order valence-corrected chi connectivity index (χ2v) is 9.91. The number of likely N-dealkylation sites (tertiary alicyclic amines) is 1. The Hall–Kier alpha value is -4.24. The highest BCUT2D eigenvalue weighted by molar-refractivity contribution is 7.21. The average Bonchev–Trinajstić information content (AvgIpc) is 3.28. The molecule has 0 bridgehead atoms. The molecule has 0 unspecified atom stereocenters. The van der Waals surface area contributed by atoms with Gasteiger partial charge in [0.05, 0.1) is 22.4 Å². The molecule has 0 saturated carbocycles. The molecule has 4 heterocycles. The maximum Gasteiger partial charge on any atom is 0.331 e. The van der Waals surface area contributed by atoms with Gasteiger partial charge in [0.1, 0.15) is 9.71 Å². The molecule has 1 fully saturated rings. The van der Waals surface area contributed by atoms with E-state index < -0.39 is 0 Å². The van der Waals surface area contributed by atoms with Crippen molar-refractivity contribution in [2.24, 2.45) is 0 Å². The van der Waals surface area contributed by atoms with E-state index in [4.69, 9.17) is 0 Å². The first-order valence-electron chi connectivity index (χ1n) is 11.8. The molecule has 2 N–H and O–H groups in total. The number of urea groups is 1. The fourth-order valence-electron chi connectivity index (χ4n) is 4.99. The van der Waals surface area contributed by atoms with Crippen LogP contribution in [0, 0.1) is 0 Å². The first-order chi connectivity index (χ1) is 17.5. The van der Waals surface area contributed by atoms with Crippen LogP contribution in [0.5, 0.6) is 0 Å². The Kier molecular flexibility index (Phi) is 5.41. The van der Waals surface area contributed by atoms with Crippen LogP contribution >= 0.6 is 11.3 Å². The molecule has 0 aliphatic carbocycles. The molecular weight excluding hydrogens is 474 g/mol. The normalized spacial score (nSPS) is 17.2. The van der Waals surface area contributed by atoms with Gasteiger partial charge in [0.2, 0.25) is 5.91 Å². The zero-order valence-electron chi connectivity index (χ0n) is 19.4. The Labute approximate surface area is 211 Å². The summed E-state index contributed by atoms with van der Waals surface area (Å²) in [6.07, 6.45) is 4.53. The van der Waals surface area contributed by atoms with Crippen molar-refractivity contribution in [2.75, 3.05) is 23.3 Å². The fourth-order valence-corrected chi connectivity index (χ4v) is 6.01. The minimum atomic E-state index is -0.335. The summed E-state index contributed by atoms with van der Waals surface area (Å²) in [5.74, 6) is -0.419. The van der Waals surface area contributed by atoms with Gasteiger partial charge in [-0.3, -0.25) is 14.5 Å². The largest absolute Gasteiger partial charge is 0.347 e. The van der Waals surface area contributed by atoms with Crippen molar-refractivity contribution >= 4 is 67.2 Å². The van der Waals surface area contributed by atoms with Crippen LogP contribution < -0.4 is 15.5 Å². The van der Waals surface area contributed by atoms with Crippen LogP contribution in [-0.4, -0.2) is 46.9 Å². The molecule has 2 aromatic carbocycles. The smallest absolute Gasteiger partial charge is 0.331 e. The highest BCUT2D eigenvalue weighted by atomic mass is 32.1. The summed E-state index contributed by atoms with van der Waals surface area (Å²) in [6.45, 7) is 4.64. The highest BCUT2D eigenvalue weighted by Crippen LogP contribution is 2.46. The lowest BCUT2D eigenvalue weighted by atomic mass is 10.1. The molecule has 2 aliphatic rings. The lowest BCUT2D eigenvalue weighted by molar-refractivity contribution is -0.127. The summed E-state index contributed by atoms with van der Waals surface area (Å²) in [5.41, 5.74) is 1.90. The Morgan fingerprint density at radius 2 is 2.00 bits per heavy atom. The maximum atomic E-state index is 13.4. The third-order valence-corrected chi connectivity index (χ3v) is 7.78. The van der Waals surface area contributed by atoms with E-state index in [2.05, 4.69) is 22.2 Å². The van der Waals surface area contributed by atoms with Crippen LogP contribution in [0.1, 0.15) is 22.5 Å². The van der Waals surface area contributed by atoms with E-state index in [0.29, 0.717) is 34.2 Å². The standard InChI is InChI=1S/C27H23N5O3S/c1-2-21(33)31-13-5-8-18(15-31)29-25(34)24-23-22-20(11-12-28-26(22)36-24)32(27(35)30-23)19-10-9-16-6-3-4-7-17(16)14-19/h2-4,6-7,9-12,14,18H,1,5,8,13,15H2,(H,29,34)(H,30,35)/t18-/m1/s1. The third-order valence-electron chi connectivity index (χ3n) is 6.69. The number of pyridine rings is 1. The van der Waals surface area contributed by atoms with Crippen LogP contribution in [0.4, 0.5) is 21.9 Å². The number of nitrogens with zero attached hydrogens (tertiary/aromatic N) is 3. The lowest BCUT2D eigenvalue weighted by Gasteiger charge is -2.32. The third kappa shape index (κ3) is 3.68. The summed E-state index contributed by atoms with van der Waals surface area (Å²) in [6, 6.07) is 15.2. The number of hydrogen-bond acceptors (Lipinski definition) is 5. The lowest BCUT2D eigenvalue weighted by Crippen LogP contribution is -2.49. The monoisotopic (exact) mass is 497 g/mol. The molecule has 4 aromatic rings. The van der Waals surface area contributed by atoms with Crippen LogP contribution in [0.15, 0.2) is 67.4 Å². The molecule has 4 amide bonds. The van der Waals surface area contributed by atoms with E-state index in [1.165, 1.54) is 17.4 Å². The summed E-state index contributed by atoms with van der Waals surface area (Å²) in [4.78, 5) is 47.6. The molecule has 0 radical (unpaired) electrons. The van der Waals surface area contributed by atoms with Gasteiger partial charge in [-0.05, 0) is 47.9 Å². The van der Waals surface area contributed by atoms with Crippen molar-refractivity contribution in [1.82, 2.24) is 15.2 Å². The molecule has 1 saturated heterocycles. The van der Waals surface area contributed by atoms with Gasteiger partial charge in [-0.1, -0.05) is 36.9 Å². The predicted molar refractivity (Wildman–Crippen MR) is 142 cm³/mol. The second kappa shape index (κ2) is 8.76. The number of anilines is 3. The van der Waals surface area contributed by atoms with Crippen molar-refractivity contribution < 1.29 is 14.4 Å². The molecule has 8 nitrogen and oxygen atoms in total. The predicted octanol–water partition coefficient (Wildman–Crippen LogP) is 5.04. The van der Waals surface area contributed by atoms with Crippen molar-refractivity contribution in [3.63, 3.8) is 0 Å². The Bertz CT molecular complexity index is 1560. The quantitative estimate of drug-likeness (QED) is 0.386. The number of benzene rings is 2. The molecule has 6 rings (SSSR count).